The highest BCUT2D eigenvalue weighted by atomic mass is 16.5. The Morgan fingerprint density at radius 3 is 2.21 bits per heavy atom. The van der Waals surface area contributed by atoms with Gasteiger partial charge in [0.25, 0.3) is 0 Å². The lowest BCUT2D eigenvalue weighted by Crippen LogP contribution is -2.07. The molecule has 0 unspecified atom stereocenters. The predicted octanol–water partition coefficient (Wildman–Crippen LogP) is 1.98. The highest BCUT2D eigenvalue weighted by molar-refractivity contribution is 6.11. The van der Waals surface area contributed by atoms with E-state index in [0.717, 1.165) is 5.69 Å². The molecule has 19 heavy (non-hydrogen) atoms. The van der Waals surface area contributed by atoms with Crippen LogP contribution in [-0.4, -0.2) is 29.8 Å². The standard InChI is InChI=1S/C14H16N2O3/c1-9-8-10(15-16(9)2)14(17)13-11(18-3)6-5-7-12(13)19-4/h5-8H,1-4H3. The average molecular weight is 260 g/mol. The molecular weight excluding hydrogens is 244 g/mol. The fourth-order valence-corrected chi connectivity index (χ4v) is 1.87. The number of carbonyl (C=O) groups excluding carboxylic acids is 1. The third kappa shape index (κ3) is 2.31. The van der Waals surface area contributed by atoms with Crippen LogP contribution in [0.4, 0.5) is 0 Å². The third-order valence-corrected chi connectivity index (χ3v) is 3.00. The Hall–Kier alpha value is -2.30. The first-order chi connectivity index (χ1) is 9.08. The van der Waals surface area contributed by atoms with Gasteiger partial charge in [0.1, 0.15) is 22.8 Å². The van der Waals surface area contributed by atoms with Gasteiger partial charge in [0.05, 0.1) is 14.2 Å². The molecule has 0 fully saturated rings. The van der Waals surface area contributed by atoms with Gasteiger partial charge in [-0.15, -0.1) is 0 Å². The molecule has 100 valence electrons. The summed E-state index contributed by atoms with van der Waals surface area (Å²) in [5.41, 5.74) is 1.69. The minimum absolute atomic E-state index is 0.210. The lowest BCUT2D eigenvalue weighted by atomic mass is 10.1. The number of aryl methyl sites for hydroxylation is 2. The summed E-state index contributed by atoms with van der Waals surface area (Å²) < 4.78 is 12.1. The number of benzene rings is 1. The SMILES string of the molecule is COc1cccc(OC)c1C(=O)c1cc(C)n(C)n1. The van der Waals surface area contributed by atoms with Crippen LogP contribution in [0.3, 0.4) is 0 Å². The molecule has 0 spiro atoms. The van der Waals surface area contributed by atoms with Gasteiger partial charge in [-0.3, -0.25) is 9.48 Å². The number of ketones is 1. The second-order valence-corrected chi connectivity index (χ2v) is 4.16. The molecule has 1 heterocycles. The molecule has 0 N–H and O–H groups in total. The van der Waals surface area contributed by atoms with E-state index in [1.54, 1.807) is 36.0 Å². The van der Waals surface area contributed by atoms with Gasteiger partial charge in [0, 0.05) is 12.7 Å². The summed E-state index contributed by atoms with van der Waals surface area (Å²) >= 11 is 0. The molecular formula is C14H16N2O3. The van der Waals surface area contributed by atoms with Crippen LogP contribution >= 0.6 is 0 Å². The van der Waals surface area contributed by atoms with E-state index in [1.165, 1.54) is 14.2 Å². The smallest absolute Gasteiger partial charge is 0.220 e. The van der Waals surface area contributed by atoms with Crippen LogP contribution in [0.2, 0.25) is 0 Å². The summed E-state index contributed by atoms with van der Waals surface area (Å²) in [4.78, 5) is 12.5. The topological polar surface area (TPSA) is 53.4 Å². The number of methoxy groups -OCH3 is 2. The van der Waals surface area contributed by atoms with Crippen molar-refractivity contribution in [2.75, 3.05) is 14.2 Å². The largest absolute Gasteiger partial charge is 0.496 e. The van der Waals surface area contributed by atoms with Crippen molar-refractivity contribution < 1.29 is 14.3 Å². The van der Waals surface area contributed by atoms with E-state index in [9.17, 15) is 4.79 Å². The number of nitrogens with zero attached hydrogens (tertiary/aromatic N) is 2. The maximum atomic E-state index is 12.5. The number of carbonyl (C=O) groups is 1. The van der Waals surface area contributed by atoms with Gasteiger partial charge in [-0.05, 0) is 25.1 Å². The Morgan fingerprint density at radius 2 is 1.79 bits per heavy atom. The molecule has 0 radical (unpaired) electrons. The zero-order chi connectivity index (χ0) is 14.0. The molecule has 0 aliphatic carbocycles. The van der Waals surface area contributed by atoms with Crippen LogP contribution in [0.25, 0.3) is 0 Å². The average Bonchev–Trinajstić information content (AvgIpc) is 2.76. The van der Waals surface area contributed by atoms with E-state index in [-0.39, 0.29) is 5.78 Å². The third-order valence-electron chi connectivity index (χ3n) is 3.00. The maximum Gasteiger partial charge on any atom is 0.220 e. The number of ether oxygens (including phenoxy) is 2. The molecule has 0 amide bonds. The molecule has 0 bridgehead atoms. The van der Waals surface area contributed by atoms with Gasteiger partial charge >= 0.3 is 0 Å². The fraction of sp³-hybridized carbons (Fsp3) is 0.286. The van der Waals surface area contributed by atoms with Crippen molar-refractivity contribution in [3.63, 3.8) is 0 Å². The molecule has 0 atom stereocenters. The van der Waals surface area contributed by atoms with Crippen LogP contribution in [0.15, 0.2) is 24.3 Å². The Morgan fingerprint density at radius 1 is 1.21 bits per heavy atom. The summed E-state index contributed by atoms with van der Waals surface area (Å²) in [6.45, 7) is 1.89. The van der Waals surface area contributed by atoms with Crippen LogP contribution < -0.4 is 9.47 Å². The van der Waals surface area contributed by atoms with Gasteiger partial charge < -0.3 is 9.47 Å². The second kappa shape index (κ2) is 5.14. The molecule has 1 aromatic heterocycles. The van der Waals surface area contributed by atoms with E-state index in [1.807, 2.05) is 6.92 Å². The second-order valence-electron chi connectivity index (χ2n) is 4.16. The van der Waals surface area contributed by atoms with Crippen molar-refractivity contribution in [1.82, 2.24) is 9.78 Å². The lowest BCUT2D eigenvalue weighted by Gasteiger charge is -2.10. The van der Waals surface area contributed by atoms with Crippen LogP contribution in [0.1, 0.15) is 21.7 Å². The van der Waals surface area contributed by atoms with Crippen molar-refractivity contribution in [1.29, 1.82) is 0 Å². The Labute approximate surface area is 111 Å². The van der Waals surface area contributed by atoms with Crippen LogP contribution in [0.5, 0.6) is 11.5 Å². The normalized spacial score (nSPS) is 10.3. The van der Waals surface area contributed by atoms with E-state index < -0.39 is 0 Å². The first-order valence-electron chi connectivity index (χ1n) is 5.84. The van der Waals surface area contributed by atoms with Crippen molar-refractivity contribution in [2.45, 2.75) is 6.92 Å². The van der Waals surface area contributed by atoms with Crippen molar-refractivity contribution >= 4 is 5.78 Å². The minimum Gasteiger partial charge on any atom is -0.496 e. The number of aromatic nitrogens is 2. The zero-order valence-electron chi connectivity index (χ0n) is 11.4. The van der Waals surface area contributed by atoms with E-state index in [0.29, 0.717) is 22.8 Å². The monoisotopic (exact) mass is 260 g/mol. The number of rotatable bonds is 4. The van der Waals surface area contributed by atoms with E-state index >= 15 is 0 Å². The minimum atomic E-state index is -0.210. The van der Waals surface area contributed by atoms with Gasteiger partial charge in [0.15, 0.2) is 0 Å². The van der Waals surface area contributed by atoms with Crippen molar-refractivity contribution in [3.05, 3.63) is 41.2 Å². The van der Waals surface area contributed by atoms with E-state index in [4.69, 9.17) is 9.47 Å². The highest BCUT2D eigenvalue weighted by Gasteiger charge is 2.22. The molecule has 0 saturated heterocycles. The Kier molecular flexibility index (Phi) is 3.55. The van der Waals surface area contributed by atoms with Crippen molar-refractivity contribution in [3.8, 4) is 11.5 Å². The molecule has 0 aliphatic rings. The lowest BCUT2D eigenvalue weighted by molar-refractivity contribution is 0.102. The first kappa shape index (κ1) is 13.1. The van der Waals surface area contributed by atoms with Crippen LogP contribution in [0, 0.1) is 6.92 Å². The molecule has 5 heteroatoms. The molecule has 5 nitrogen and oxygen atoms in total. The Bertz CT molecular complexity index is 575. The quantitative estimate of drug-likeness (QED) is 0.789. The summed E-state index contributed by atoms with van der Waals surface area (Å²) in [7, 11) is 4.84. The van der Waals surface area contributed by atoms with Gasteiger partial charge in [-0.2, -0.15) is 5.10 Å². The summed E-state index contributed by atoms with van der Waals surface area (Å²) in [5.74, 6) is 0.748. The molecule has 0 aliphatic heterocycles. The van der Waals surface area contributed by atoms with Crippen LogP contribution in [-0.2, 0) is 7.05 Å². The zero-order valence-corrected chi connectivity index (χ0v) is 11.4. The van der Waals surface area contributed by atoms with E-state index in [2.05, 4.69) is 5.10 Å². The van der Waals surface area contributed by atoms with Gasteiger partial charge in [0.2, 0.25) is 5.78 Å². The highest BCUT2D eigenvalue weighted by Crippen LogP contribution is 2.30. The first-order valence-corrected chi connectivity index (χ1v) is 5.84. The number of hydrogen-bond donors (Lipinski definition) is 0. The Balaban J connectivity index is 2.54. The van der Waals surface area contributed by atoms with Crippen molar-refractivity contribution in [2.24, 2.45) is 7.05 Å². The summed E-state index contributed by atoms with van der Waals surface area (Å²) in [6.07, 6.45) is 0. The predicted molar refractivity (Wildman–Crippen MR) is 70.9 cm³/mol. The van der Waals surface area contributed by atoms with Gasteiger partial charge in [-0.25, -0.2) is 0 Å². The molecule has 1 aromatic carbocycles. The molecule has 2 rings (SSSR count). The fourth-order valence-electron chi connectivity index (χ4n) is 1.87. The molecule has 0 saturated carbocycles. The van der Waals surface area contributed by atoms with Gasteiger partial charge in [-0.1, -0.05) is 6.07 Å². The maximum absolute atomic E-state index is 12.5. The summed E-state index contributed by atoms with van der Waals surface area (Å²) in [5, 5.41) is 4.19. The summed E-state index contributed by atoms with van der Waals surface area (Å²) in [6, 6.07) is 6.98. The number of hydrogen-bond acceptors (Lipinski definition) is 4. The molecule has 2 aromatic rings.